The highest BCUT2D eigenvalue weighted by Crippen LogP contribution is 2.34. The SMILES string of the molecule is O=S(=O)(c1ccc(Br)cc1)c1nc(-c2ccc(Br)cc2)oc1Nc1ccc(F)cc1. The Morgan fingerprint density at radius 1 is 0.833 bits per heavy atom. The van der Waals surface area contributed by atoms with E-state index in [9.17, 15) is 12.8 Å². The third-order valence-corrected chi connectivity index (χ3v) is 6.90. The molecule has 9 heteroatoms. The van der Waals surface area contributed by atoms with Gasteiger partial charge in [0, 0.05) is 20.2 Å². The Kier molecular flexibility index (Phi) is 5.77. The van der Waals surface area contributed by atoms with Crippen LogP contribution in [0.25, 0.3) is 11.5 Å². The summed E-state index contributed by atoms with van der Waals surface area (Å²) in [6, 6.07) is 18.8. The number of halogens is 3. The van der Waals surface area contributed by atoms with Gasteiger partial charge in [0.25, 0.3) is 0 Å². The van der Waals surface area contributed by atoms with Crippen molar-refractivity contribution >= 4 is 53.3 Å². The molecule has 0 aliphatic rings. The topological polar surface area (TPSA) is 72.2 Å². The maximum absolute atomic E-state index is 13.3. The maximum Gasteiger partial charge on any atom is 0.238 e. The van der Waals surface area contributed by atoms with Crippen molar-refractivity contribution in [2.24, 2.45) is 0 Å². The number of hydrogen-bond acceptors (Lipinski definition) is 5. The summed E-state index contributed by atoms with van der Waals surface area (Å²) in [4.78, 5) is 4.35. The summed E-state index contributed by atoms with van der Waals surface area (Å²) in [6.45, 7) is 0. The van der Waals surface area contributed by atoms with Crippen LogP contribution in [0.3, 0.4) is 0 Å². The molecule has 1 heterocycles. The van der Waals surface area contributed by atoms with Crippen molar-refractivity contribution in [3.63, 3.8) is 0 Å². The lowest BCUT2D eigenvalue weighted by molar-refractivity contribution is 0.581. The molecule has 0 atom stereocenters. The van der Waals surface area contributed by atoms with E-state index in [1.165, 1.54) is 36.4 Å². The summed E-state index contributed by atoms with van der Waals surface area (Å²) in [6.07, 6.45) is 0. The fourth-order valence-corrected chi connectivity index (χ4v) is 4.46. The van der Waals surface area contributed by atoms with Gasteiger partial charge in [-0.3, -0.25) is 0 Å². The van der Waals surface area contributed by atoms with E-state index in [1.807, 2.05) is 0 Å². The van der Waals surface area contributed by atoms with Gasteiger partial charge in [0.05, 0.1) is 4.90 Å². The highest BCUT2D eigenvalue weighted by molar-refractivity contribution is 9.10. The van der Waals surface area contributed by atoms with Gasteiger partial charge >= 0.3 is 0 Å². The van der Waals surface area contributed by atoms with Crippen LogP contribution in [-0.4, -0.2) is 13.4 Å². The summed E-state index contributed by atoms with van der Waals surface area (Å²) in [7, 11) is -3.98. The standard InChI is InChI=1S/C21H13Br2FN2O3S/c22-14-3-1-13(2-4-14)19-26-21(30(27,28)18-11-5-15(23)6-12-18)20(29-19)25-17-9-7-16(24)8-10-17/h1-12,25H. The van der Waals surface area contributed by atoms with Crippen molar-refractivity contribution in [3.8, 4) is 11.5 Å². The lowest BCUT2D eigenvalue weighted by Gasteiger charge is -2.06. The first-order chi connectivity index (χ1) is 14.3. The fraction of sp³-hybridized carbons (Fsp3) is 0. The first-order valence-corrected chi connectivity index (χ1v) is 11.7. The Balaban J connectivity index is 1.83. The number of nitrogens with zero attached hydrogens (tertiary/aromatic N) is 1. The summed E-state index contributed by atoms with van der Waals surface area (Å²) in [5, 5.41) is 2.64. The van der Waals surface area contributed by atoms with Crippen molar-refractivity contribution in [1.82, 2.24) is 4.98 Å². The number of oxazole rings is 1. The Hall–Kier alpha value is -2.49. The van der Waals surface area contributed by atoms with Crippen molar-refractivity contribution in [3.05, 3.63) is 87.6 Å². The van der Waals surface area contributed by atoms with Crippen molar-refractivity contribution < 1.29 is 17.2 Å². The van der Waals surface area contributed by atoms with E-state index in [1.54, 1.807) is 36.4 Å². The van der Waals surface area contributed by atoms with Crippen LogP contribution in [0.1, 0.15) is 0 Å². The highest BCUT2D eigenvalue weighted by Gasteiger charge is 2.28. The second-order valence-corrected chi connectivity index (χ2v) is 9.95. The van der Waals surface area contributed by atoms with E-state index in [0.717, 1.165) is 8.95 Å². The van der Waals surface area contributed by atoms with Gasteiger partial charge in [-0.05, 0) is 72.8 Å². The average Bonchev–Trinajstić information content (AvgIpc) is 3.15. The van der Waals surface area contributed by atoms with Crippen LogP contribution in [0.15, 0.2) is 96.1 Å². The summed E-state index contributed by atoms with van der Waals surface area (Å²) in [5.41, 5.74) is 1.07. The van der Waals surface area contributed by atoms with Crippen LogP contribution in [0.5, 0.6) is 0 Å². The molecule has 0 aliphatic carbocycles. The lowest BCUT2D eigenvalue weighted by atomic mass is 10.2. The molecule has 0 amide bonds. The number of benzene rings is 3. The third-order valence-electron chi connectivity index (χ3n) is 4.17. The molecule has 3 aromatic carbocycles. The molecule has 1 N–H and O–H groups in total. The van der Waals surface area contributed by atoms with Gasteiger partial charge < -0.3 is 9.73 Å². The zero-order chi connectivity index (χ0) is 21.3. The minimum atomic E-state index is -3.98. The van der Waals surface area contributed by atoms with Crippen molar-refractivity contribution in [1.29, 1.82) is 0 Å². The quantitative estimate of drug-likeness (QED) is 0.303. The molecule has 152 valence electrons. The molecule has 0 fully saturated rings. The third kappa shape index (κ3) is 4.33. The first kappa shape index (κ1) is 20.8. The zero-order valence-corrected chi connectivity index (χ0v) is 19.1. The Morgan fingerprint density at radius 3 is 2.00 bits per heavy atom. The number of nitrogens with one attached hydrogen (secondary N) is 1. The second-order valence-electron chi connectivity index (χ2n) is 6.25. The van der Waals surface area contributed by atoms with E-state index in [0.29, 0.717) is 11.3 Å². The molecule has 0 bridgehead atoms. The predicted octanol–water partition coefficient (Wildman–Crippen LogP) is 6.58. The largest absolute Gasteiger partial charge is 0.419 e. The van der Waals surface area contributed by atoms with Gasteiger partial charge in [0.15, 0.2) is 0 Å². The van der Waals surface area contributed by atoms with Crippen LogP contribution in [0.4, 0.5) is 16.0 Å². The van der Waals surface area contributed by atoms with Crippen LogP contribution < -0.4 is 5.32 Å². The zero-order valence-electron chi connectivity index (χ0n) is 15.1. The average molecular weight is 552 g/mol. The molecular weight excluding hydrogens is 539 g/mol. The Labute approximate surface area is 189 Å². The van der Waals surface area contributed by atoms with Crippen molar-refractivity contribution in [2.45, 2.75) is 9.92 Å². The van der Waals surface area contributed by atoms with Crippen molar-refractivity contribution in [2.75, 3.05) is 5.32 Å². The Bertz CT molecular complexity index is 1290. The highest BCUT2D eigenvalue weighted by atomic mass is 79.9. The molecule has 0 saturated heterocycles. The molecule has 4 rings (SSSR count). The van der Waals surface area contributed by atoms with E-state index < -0.39 is 15.7 Å². The van der Waals surface area contributed by atoms with E-state index in [-0.39, 0.29) is 21.7 Å². The Morgan fingerprint density at radius 2 is 1.40 bits per heavy atom. The van der Waals surface area contributed by atoms with Crippen LogP contribution in [-0.2, 0) is 9.84 Å². The van der Waals surface area contributed by atoms with Gasteiger partial charge in [-0.25, -0.2) is 12.8 Å². The summed E-state index contributed by atoms with van der Waals surface area (Å²) in [5.74, 6) is -0.318. The second kappa shape index (κ2) is 8.33. The molecule has 0 spiro atoms. The minimum Gasteiger partial charge on any atom is -0.419 e. The molecule has 0 aliphatic heterocycles. The van der Waals surface area contributed by atoms with Gasteiger partial charge in [-0.1, -0.05) is 31.9 Å². The molecule has 0 saturated carbocycles. The number of anilines is 2. The molecular formula is C21H13Br2FN2O3S. The number of rotatable bonds is 5. The lowest BCUT2D eigenvalue weighted by Crippen LogP contribution is -2.05. The van der Waals surface area contributed by atoms with Crippen LogP contribution in [0, 0.1) is 5.82 Å². The summed E-state index contributed by atoms with van der Waals surface area (Å²) >= 11 is 6.66. The molecule has 5 nitrogen and oxygen atoms in total. The smallest absolute Gasteiger partial charge is 0.238 e. The van der Waals surface area contributed by atoms with E-state index in [4.69, 9.17) is 4.42 Å². The fourth-order valence-electron chi connectivity index (χ4n) is 2.67. The molecule has 1 aromatic heterocycles. The summed E-state index contributed by atoms with van der Waals surface area (Å²) < 4.78 is 47.2. The number of sulfone groups is 1. The van der Waals surface area contributed by atoms with Crippen LogP contribution in [0.2, 0.25) is 0 Å². The molecule has 4 aromatic rings. The van der Waals surface area contributed by atoms with Gasteiger partial charge in [-0.2, -0.15) is 4.98 Å². The minimum absolute atomic E-state index is 0.0533. The van der Waals surface area contributed by atoms with E-state index >= 15 is 0 Å². The maximum atomic E-state index is 13.3. The van der Waals surface area contributed by atoms with Gasteiger partial charge in [0.2, 0.25) is 26.6 Å². The van der Waals surface area contributed by atoms with E-state index in [2.05, 4.69) is 42.2 Å². The predicted molar refractivity (Wildman–Crippen MR) is 119 cm³/mol. The number of hydrogen-bond donors (Lipinski definition) is 1. The monoisotopic (exact) mass is 550 g/mol. The molecule has 30 heavy (non-hydrogen) atoms. The number of aromatic nitrogens is 1. The normalized spacial score (nSPS) is 11.4. The molecule has 0 unspecified atom stereocenters. The van der Waals surface area contributed by atoms with Gasteiger partial charge in [0.1, 0.15) is 5.82 Å². The van der Waals surface area contributed by atoms with Crippen LogP contribution >= 0.6 is 31.9 Å². The first-order valence-electron chi connectivity index (χ1n) is 8.63. The van der Waals surface area contributed by atoms with Gasteiger partial charge in [-0.15, -0.1) is 0 Å². The molecule has 0 radical (unpaired) electrons.